The third-order valence-corrected chi connectivity index (χ3v) is 5.65. The molecule has 0 bridgehead atoms. The molecule has 2 fully saturated rings. The quantitative estimate of drug-likeness (QED) is 0.810. The Hall–Kier alpha value is -1.79. The molecule has 0 aromatic heterocycles. The fraction of sp³-hybridized carbons (Fsp3) is 0.619. The normalized spacial score (nSPS) is 20.0. The lowest BCUT2D eigenvalue weighted by molar-refractivity contribution is -0.140. The highest BCUT2D eigenvalue weighted by atomic mass is 35.5. The molecular formula is C21H32ClN3O3. The monoisotopic (exact) mass is 409 g/mol. The summed E-state index contributed by atoms with van der Waals surface area (Å²) in [6, 6.07) is 4.32. The van der Waals surface area contributed by atoms with Gasteiger partial charge in [-0.25, -0.2) is 0 Å². The van der Waals surface area contributed by atoms with Crippen LogP contribution in [-0.2, 0) is 9.59 Å². The zero-order valence-electron chi connectivity index (χ0n) is 17.1. The van der Waals surface area contributed by atoms with Crippen molar-refractivity contribution in [2.75, 3.05) is 39.3 Å². The highest BCUT2D eigenvalue weighted by molar-refractivity contribution is 5.85. The van der Waals surface area contributed by atoms with Gasteiger partial charge in [0.2, 0.25) is 11.8 Å². The topological polar surface area (TPSA) is 61.9 Å². The zero-order chi connectivity index (χ0) is 19.4. The first-order valence-corrected chi connectivity index (χ1v) is 9.94. The number of nitrogens with one attached hydrogen (secondary N) is 1. The number of hydrogen-bond donors (Lipinski definition) is 1. The number of nitrogens with zero attached hydrogens (tertiary/aromatic N) is 2. The van der Waals surface area contributed by atoms with Gasteiger partial charge in [0.15, 0.2) is 0 Å². The number of carbonyl (C=O) groups excluding carboxylic acids is 2. The average Bonchev–Trinajstić information content (AvgIpc) is 2.66. The van der Waals surface area contributed by atoms with Gasteiger partial charge >= 0.3 is 0 Å². The van der Waals surface area contributed by atoms with Gasteiger partial charge in [-0.15, -0.1) is 12.4 Å². The molecule has 6 nitrogen and oxygen atoms in total. The van der Waals surface area contributed by atoms with Gasteiger partial charge in [-0.2, -0.15) is 0 Å². The summed E-state index contributed by atoms with van der Waals surface area (Å²) in [6.07, 6.45) is 2.30. The van der Waals surface area contributed by atoms with Crippen molar-refractivity contribution in [1.29, 1.82) is 0 Å². The molecule has 1 aromatic carbocycles. The molecule has 0 saturated carbocycles. The Balaban J connectivity index is 0.00000280. The SMILES string of the molecule is Cc1cc(C)c(C)c(OCCC(=O)N2CCCC(N3CCNCC3=O)C2)c1.Cl. The maximum atomic E-state index is 12.6. The van der Waals surface area contributed by atoms with Gasteiger partial charge in [0.25, 0.3) is 0 Å². The second-order valence-electron chi connectivity index (χ2n) is 7.70. The molecule has 7 heteroatoms. The number of likely N-dealkylation sites (tertiary alicyclic amines) is 1. The molecule has 156 valence electrons. The highest BCUT2D eigenvalue weighted by Crippen LogP contribution is 2.23. The Kier molecular flexibility index (Phi) is 8.13. The van der Waals surface area contributed by atoms with E-state index in [1.807, 2.05) is 22.8 Å². The molecule has 2 amide bonds. The predicted molar refractivity (Wildman–Crippen MR) is 112 cm³/mol. The minimum atomic E-state index is 0. The lowest BCUT2D eigenvalue weighted by Crippen LogP contribution is -2.57. The summed E-state index contributed by atoms with van der Waals surface area (Å²) < 4.78 is 5.90. The van der Waals surface area contributed by atoms with Crippen LogP contribution in [0.5, 0.6) is 5.75 Å². The van der Waals surface area contributed by atoms with E-state index < -0.39 is 0 Å². The summed E-state index contributed by atoms with van der Waals surface area (Å²) in [5.41, 5.74) is 3.50. The summed E-state index contributed by atoms with van der Waals surface area (Å²) in [7, 11) is 0. The van der Waals surface area contributed by atoms with Crippen molar-refractivity contribution in [2.45, 2.75) is 46.1 Å². The van der Waals surface area contributed by atoms with Crippen LogP contribution in [0.25, 0.3) is 0 Å². The average molecular weight is 410 g/mol. The minimum Gasteiger partial charge on any atom is -0.493 e. The molecule has 0 aliphatic carbocycles. The van der Waals surface area contributed by atoms with Gasteiger partial charge in [-0.05, 0) is 56.4 Å². The first-order valence-electron chi connectivity index (χ1n) is 9.94. The number of piperazine rings is 1. The Morgan fingerprint density at radius 2 is 2.04 bits per heavy atom. The van der Waals surface area contributed by atoms with Crippen LogP contribution in [-0.4, -0.2) is 67.0 Å². The molecule has 1 aromatic rings. The third-order valence-electron chi connectivity index (χ3n) is 5.65. The Labute approximate surface area is 174 Å². The van der Waals surface area contributed by atoms with Crippen LogP contribution in [0.1, 0.15) is 36.0 Å². The lowest BCUT2D eigenvalue weighted by Gasteiger charge is -2.41. The second kappa shape index (κ2) is 10.1. The molecule has 2 aliphatic heterocycles. The smallest absolute Gasteiger partial charge is 0.236 e. The number of ether oxygens (including phenoxy) is 1. The van der Waals surface area contributed by atoms with Crippen molar-refractivity contribution < 1.29 is 14.3 Å². The highest BCUT2D eigenvalue weighted by Gasteiger charge is 2.31. The Morgan fingerprint density at radius 1 is 1.25 bits per heavy atom. The molecule has 3 rings (SSSR count). The molecule has 2 heterocycles. The first kappa shape index (κ1) is 22.5. The van der Waals surface area contributed by atoms with Crippen LogP contribution in [0.2, 0.25) is 0 Å². The Bertz CT molecular complexity index is 710. The Morgan fingerprint density at radius 3 is 2.79 bits per heavy atom. The van der Waals surface area contributed by atoms with Crippen LogP contribution in [0, 0.1) is 20.8 Å². The van der Waals surface area contributed by atoms with Gasteiger partial charge in [-0.3, -0.25) is 9.59 Å². The van der Waals surface area contributed by atoms with E-state index in [0.717, 1.165) is 43.8 Å². The molecule has 2 saturated heterocycles. The molecule has 0 spiro atoms. The van der Waals surface area contributed by atoms with Crippen molar-refractivity contribution in [2.24, 2.45) is 0 Å². The summed E-state index contributed by atoms with van der Waals surface area (Å²) in [5, 5.41) is 3.11. The zero-order valence-corrected chi connectivity index (χ0v) is 17.9. The fourth-order valence-corrected chi connectivity index (χ4v) is 4.00. The fourth-order valence-electron chi connectivity index (χ4n) is 4.00. The molecule has 1 N–H and O–H groups in total. The van der Waals surface area contributed by atoms with E-state index in [4.69, 9.17) is 4.74 Å². The molecule has 1 unspecified atom stereocenters. The van der Waals surface area contributed by atoms with E-state index in [2.05, 4.69) is 25.2 Å². The van der Waals surface area contributed by atoms with Gasteiger partial charge in [-0.1, -0.05) is 6.07 Å². The molecular weight excluding hydrogens is 378 g/mol. The number of amides is 2. The molecule has 1 atom stereocenters. The van der Waals surface area contributed by atoms with Gasteiger partial charge in [0.1, 0.15) is 5.75 Å². The molecule has 2 aliphatic rings. The number of hydrogen-bond acceptors (Lipinski definition) is 4. The van der Waals surface area contributed by atoms with E-state index in [1.165, 1.54) is 11.1 Å². The van der Waals surface area contributed by atoms with Crippen molar-refractivity contribution in [3.8, 4) is 5.75 Å². The predicted octanol–water partition coefficient (Wildman–Crippen LogP) is 2.23. The first-order chi connectivity index (χ1) is 13.0. The summed E-state index contributed by atoms with van der Waals surface area (Å²) >= 11 is 0. The lowest BCUT2D eigenvalue weighted by atomic mass is 10.0. The van der Waals surface area contributed by atoms with Gasteiger partial charge in [0, 0.05) is 32.2 Å². The number of benzene rings is 1. The minimum absolute atomic E-state index is 0. The van der Waals surface area contributed by atoms with Crippen molar-refractivity contribution in [3.05, 3.63) is 28.8 Å². The van der Waals surface area contributed by atoms with E-state index in [1.54, 1.807) is 0 Å². The maximum Gasteiger partial charge on any atom is 0.236 e. The maximum absolute atomic E-state index is 12.6. The van der Waals surface area contributed by atoms with Gasteiger partial charge in [0.05, 0.1) is 19.6 Å². The standard InChI is InChI=1S/C21H31N3O3.ClH/c1-15-11-16(2)17(3)19(12-15)27-10-6-20(25)23-8-4-5-18(14-23)24-9-7-22-13-21(24)26;/h11-12,18,22H,4-10,13-14H2,1-3H3;1H. The van der Waals surface area contributed by atoms with Crippen LogP contribution in [0.4, 0.5) is 0 Å². The molecule has 0 radical (unpaired) electrons. The van der Waals surface area contributed by atoms with Gasteiger partial charge < -0.3 is 19.9 Å². The van der Waals surface area contributed by atoms with Crippen LogP contribution < -0.4 is 10.1 Å². The van der Waals surface area contributed by atoms with Crippen LogP contribution in [0.3, 0.4) is 0 Å². The number of aryl methyl sites for hydroxylation is 2. The van der Waals surface area contributed by atoms with Crippen LogP contribution >= 0.6 is 12.4 Å². The summed E-state index contributed by atoms with van der Waals surface area (Å²) in [5.74, 6) is 1.13. The second-order valence-corrected chi connectivity index (χ2v) is 7.70. The molecule has 28 heavy (non-hydrogen) atoms. The van der Waals surface area contributed by atoms with Crippen LogP contribution in [0.15, 0.2) is 12.1 Å². The van der Waals surface area contributed by atoms with Crippen molar-refractivity contribution in [1.82, 2.24) is 15.1 Å². The number of halogens is 1. The largest absolute Gasteiger partial charge is 0.493 e. The third kappa shape index (κ3) is 5.39. The number of piperidine rings is 1. The van der Waals surface area contributed by atoms with E-state index in [-0.39, 0.29) is 30.3 Å². The van der Waals surface area contributed by atoms with E-state index >= 15 is 0 Å². The summed E-state index contributed by atoms with van der Waals surface area (Å²) in [4.78, 5) is 28.6. The number of carbonyl (C=O) groups is 2. The number of rotatable bonds is 5. The van der Waals surface area contributed by atoms with Crippen molar-refractivity contribution >= 4 is 24.2 Å². The summed E-state index contributed by atoms with van der Waals surface area (Å²) in [6.45, 7) is 9.96. The van der Waals surface area contributed by atoms with E-state index in [9.17, 15) is 9.59 Å². The van der Waals surface area contributed by atoms with E-state index in [0.29, 0.717) is 26.1 Å². The van der Waals surface area contributed by atoms with Crippen molar-refractivity contribution in [3.63, 3.8) is 0 Å².